The van der Waals surface area contributed by atoms with Crippen LogP contribution in [0.25, 0.3) is 0 Å². The van der Waals surface area contributed by atoms with Crippen molar-refractivity contribution in [2.45, 2.75) is 60.3 Å². The number of nitrogens with one attached hydrogen (secondary N) is 2. The summed E-state index contributed by atoms with van der Waals surface area (Å²) in [6.07, 6.45) is 4.12. The van der Waals surface area contributed by atoms with Crippen LogP contribution in [-0.2, 0) is 4.79 Å². The molecule has 130 valence electrons. The fraction of sp³-hybridized carbons (Fsp3) is 0.882. The number of hydrogen-bond donors (Lipinski definition) is 2. The molecule has 0 aromatic carbocycles. The van der Waals surface area contributed by atoms with E-state index in [1.165, 1.54) is 12.8 Å². The first kappa shape index (κ1) is 20.7. The van der Waals surface area contributed by atoms with Crippen molar-refractivity contribution in [3.05, 3.63) is 0 Å². The maximum absolute atomic E-state index is 11.9. The molecule has 2 N–H and O–H groups in total. The van der Waals surface area contributed by atoms with Crippen LogP contribution >= 0.6 is 0 Å². The van der Waals surface area contributed by atoms with E-state index in [4.69, 9.17) is 0 Å². The lowest BCUT2D eigenvalue weighted by Crippen LogP contribution is -2.40. The number of hydrogen-bond acceptors (Lipinski definition) is 2. The third-order valence-electron chi connectivity index (χ3n) is 3.55. The second-order valence-corrected chi connectivity index (χ2v) is 5.89. The Morgan fingerprint density at radius 1 is 1.09 bits per heavy atom. The summed E-state index contributed by atoms with van der Waals surface area (Å²) in [7, 11) is 0. The minimum atomic E-state index is 0.199. The first-order valence-corrected chi connectivity index (χ1v) is 8.84. The molecule has 0 aliphatic rings. The Morgan fingerprint density at radius 3 is 2.32 bits per heavy atom. The first-order chi connectivity index (χ1) is 10.5. The second kappa shape index (κ2) is 13.4. The minimum Gasteiger partial charge on any atom is -0.357 e. The molecule has 0 spiro atoms. The first-order valence-electron chi connectivity index (χ1n) is 8.84. The van der Waals surface area contributed by atoms with Crippen molar-refractivity contribution in [1.82, 2.24) is 15.5 Å². The zero-order valence-electron chi connectivity index (χ0n) is 15.2. The van der Waals surface area contributed by atoms with E-state index in [1.54, 1.807) is 0 Å². The van der Waals surface area contributed by atoms with Crippen molar-refractivity contribution in [1.29, 1.82) is 0 Å². The van der Waals surface area contributed by atoms with Crippen molar-refractivity contribution in [2.24, 2.45) is 10.9 Å². The zero-order valence-corrected chi connectivity index (χ0v) is 15.2. The molecular formula is C17H36N4O. The van der Waals surface area contributed by atoms with E-state index in [-0.39, 0.29) is 5.91 Å². The monoisotopic (exact) mass is 312 g/mol. The predicted octanol–water partition coefficient (Wildman–Crippen LogP) is 2.63. The third-order valence-corrected chi connectivity index (χ3v) is 3.55. The van der Waals surface area contributed by atoms with Crippen LogP contribution in [0.4, 0.5) is 0 Å². The van der Waals surface area contributed by atoms with Crippen molar-refractivity contribution in [3.8, 4) is 0 Å². The molecule has 0 atom stereocenters. The van der Waals surface area contributed by atoms with Gasteiger partial charge in [0.05, 0.1) is 0 Å². The average molecular weight is 313 g/mol. The molecule has 5 nitrogen and oxygen atoms in total. The molecule has 0 radical (unpaired) electrons. The maximum Gasteiger partial charge on any atom is 0.224 e. The van der Waals surface area contributed by atoms with Crippen molar-refractivity contribution in [3.63, 3.8) is 0 Å². The molecule has 0 saturated heterocycles. The van der Waals surface area contributed by atoms with Crippen LogP contribution in [0.2, 0.25) is 0 Å². The Kier molecular flexibility index (Phi) is 12.6. The highest BCUT2D eigenvalue weighted by molar-refractivity contribution is 5.81. The maximum atomic E-state index is 11.9. The van der Waals surface area contributed by atoms with Crippen molar-refractivity contribution >= 4 is 11.9 Å². The van der Waals surface area contributed by atoms with E-state index in [9.17, 15) is 4.79 Å². The molecule has 0 aromatic heterocycles. The lowest BCUT2D eigenvalue weighted by molar-refractivity contribution is -0.130. The van der Waals surface area contributed by atoms with E-state index in [1.807, 2.05) is 18.7 Å². The summed E-state index contributed by atoms with van der Waals surface area (Å²) in [4.78, 5) is 18.4. The summed E-state index contributed by atoms with van der Waals surface area (Å²) in [5, 5.41) is 6.47. The Bertz CT molecular complexity index is 312. The van der Waals surface area contributed by atoms with Gasteiger partial charge in [0.25, 0.3) is 0 Å². The van der Waals surface area contributed by atoms with Gasteiger partial charge in [0.2, 0.25) is 5.91 Å². The van der Waals surface area contributed by atoms with Crippen molar-refractivity contribution in [2.75, 3.05) is 32.7 Å². The fourth-order valence-electron chi connectivity index (χ4n) is 2.22. The van der Waals surface area contributed by atoms with E-state index in [0.717, 1.165) is 44.5 Å². The number of carbonyl (C=O) groups excluding carboxylic acids is 1. The van der Waals surface area contributed by atoms with Crippen molar-refractivity contribution < 1.29 is 4.79 Å². The Labute approximate surface area is 136 Å². The van der Waals surface area contributed by atoms with E-state index in [2.05, 4.69) is 36.4 Å². The largest absolute Gasteiger partial charge is 0.357 e. The van der Waals surface area contributed by atoms with E-state index in [0.29, 0.717) is 13.0 Å². The van der Waals surface area contributed by atoms with E-state index < -0.39 is 0 Å². The van der Waals surface area contributed by atoms with Gasteiger partial charge in [0.15, 0.2) is 5.96 Å². The summed E-state index contributed by atoms with van der Waals surface area (Å²) in [6, 6.07) is 0. The SMILES string of the molecule is CCNC(=NCCCCC(C)C)NCCC(=O)N(CC)CC. The predicted molar refractivity (Wildman–Crippen MR) is 95.2 cm³/mol. The van der Waals surface area contributed by atoms with Gasteiger partial charge in [0, 0.05) is 39.1 Å². The highest BCUT2D eigenvalue weighted by atomic mass is 16.2. The lowest BCUT2D eigenvalue weighted by Gasteiger charge is -2.19. The van der Waals surface area contributed by atoms with Gasteiger partial charge >= 0.3 is 0 Å². The van der Waals surface area contributed by atoms with Crippen LogP contribution < -0.4 is 10.6 Å². The lowest BCUT2D eigenvalue weighted by atomic mass is 10.1. The van der Waals surface area contributed by atoms with Gasteiger partial charge in [-0.2, -0.15) is 0 Å². The van der Waals surface area contributed by atoms with Crippen LogP contribution in [0, 0.1) is 5.92 Å². The number of aliphatic imine (C=N–C) groups is 1. The number of carbonyl (C=O) groups is 1. The van der Waals surface area contributed by atoms with Crippen LogP contribution in [0.3, 0.4) is 0 Å². The molecular weight excluding hydrogens is 276 g/mol. The van der Waals surface area contributed by atoms with Gasteiger partial charge in [-0.15, -0.1) is 0 Å². The van der Waals surface area contributed by atoms with Gasteiger partial charge < -0.3 is 15.5 Å². The normalized spacial score (nSPS) is 11.6. The Balaban J connectivity index is 4.04. The molecule has 0 rings (SSSR count). The van der Waals surface area contributed by atoms with E-state index >= 15 is 0 Å². The Morgan fingerprint density at radius 2 is 1.77 bits per heavy atom. The number of nitrogens with zero attached hydrogens (tertiary/aromatic N) is 2. The molecule has 0 aliphatic heterocycles. The highest BCUT2D eigenvalue weighted by Gasteiger charge is 2.08. The van der Waals surface area contributed by atoms with Gasteiger partial charge in [-0.25, -0.2) is 0 Å². The molecule has 0 bridgehead atoms. The summed E-state index contributed by atoms with van der Waals surface area (Å²) in [5.41, 5.74) is 0. The molecule has 0 aromatic rings. The molecule has 22 heavy (non-hydrogen) atoms. The highest BCUT2D eigenvalue weighted by Crippen LogP contribution is 2.05. The smallest absolute Gasteiger partial charge is 0.224 e. The summed E-state index contributed by atoms with van der Waals surface area (Å²) in [6.45, 7) is 14.4. The second-order valence-electron chi connectivity index (χ2n) is 5.89. The average Bonchev–Trinajstić information content (AvgIpc) is 2.47. The summed E-state index contributed by atoms with van der Waals surface area (Å²) in [5.74, 6) is 1.78. The summed E-state index contributed by atoms with van der Waals surface area (Å²) < 4.78 is 0. The van der Waals surface area contributed by atoms with Crippen LogP contribution in [0.5, 0.6) is 0 Å². The molecule has 5 heteroatoms. The molecule has 0 heterocycles. The number of amides is 1. The van der Waals surface area contributed by atoms with Crippen LogP contribution in [-0.4, -0.2) is 49.5 Å². The zero-order chi connectivity index (χ0) is 16.8. The quantitative estimate of drug-likeness (QED) is 0.350. The molecule has 0 fully saturated rings. The number of unbranched alkanes of at least 4 members (excludes halogenated alkanes) is 1. The minimum absolute atomic E-state index is 0.199. The van der Waals surface area contributed by atoms with Crippen LogP contribution in [0.1, 0.15) is 60.3 Å². The fourth-order valence-corrected chi connectivity index (χ4v) is 2.22. The number of rotatable bonds is 11. The summed E-state index contributed by atoms with van der Waals surface area (Å²) >= 11 is 0. The Hall–Kier alpha value is -1.26. The molecule has 1 amide bonds. The topological polar surface area (TPSA) is 56.7 Å². The third kappa shape index (κ3) is 10.5. The molecule has 0 unspecified atom stereocenters. The van der Waals surface area contributed by atoms with Gasteiger partial charge in [-0.3, -0.25) is 9.79 Å². The standard InChI is InChI=1S/C17H36N4O/c1-6-18-17(19-13-10-9-11-15(4)5)20-14-12-16(22)21(7-2)8-3/h15H,6-14H2,1-5H3,(H2,18,19,20). The number of guanidine groups is 1. The molecule has 0 saturated carbocycles. The van der Waals surface area contributed by atoms with Gasteiger partial charge in [-0.1, -0.05) is 26.7 Å². The van der Waals surface area contributed by atoms with Crippen LogP contribution in [0.15, 0.2) is 4.99 Å². The van der Waals surface area contributed by atoms with Gasteiger partial charge in [-0.05, 0) is 33.1 Å². The van der Waals surface area contributed by atoms with Gasteiger partial charge in [0.1, 0.15) is 0 Å². The molecule has 0 aliphatic carbocycles.